The zero-order valence-corrected chi connectivity index (χ0v) is 22.9. The fourth-order valence-corrected chi connectivity index (χ4v) is 5.20. The summed E-state index contributed by atoms with van der Waals surface area (Å²) in [5.41, 5.74) is 5.10. The molecule has 2 aliphatic rings. The summed E-state index contributed by atoms with van der Waals surface area (Å²) in [5, 5.41) is 15.7. The van der Waals surface area contributed by atoms with Crippen LogP contribution >= 0.6 is 0 Å². The van der Waals surface area contributed by atoms with Crippen LogP contribution in [0.4, 0.5) is 21.7 Å². The maximum absolute atomic E-state index is 15.0. The van der Waals surface area contributed by atoms with E-state index in [1.54, 1.807) is 19.2 Å². The minimum Gasteiger partial charge on any atom is -0.390 e. The number of likely N-dealkylation sites (N-methyl/N-ethyl adjacent to an activating group) is 1. The van der Waals surface area contributed by atoms with Gasteiger partial charge in [-0.1, -0.05) is 18.2 Å². The standard InChI is InChI=1S/C29H34FN7O3/c1-18-13-19(14-20(16-38)32-18)33-29-31-15-24(30)27(35-29)23-8-7-22-21(23)5-4-6-25(22)34-28(39)26(17-40-3)37-11-9-36(2)10-12-37/h4-6,8,13-15,26,38H,7,9-12,16-17H2,1-3H3,(H,34,39)(H,31,32,33,35)/t26-/m1/s1. The number of hydrogen-bond acceptors (Lipinski definition) is 9. The lowest BCUT2D eigenvalue weighted by Crippen LogP contribution is -2.54. The third-order valence-corrected chi connectivity index (χ3v) is 7.26. The number of fused-ring (bicyclic) bond motifs is 1. The second-order valence-electron chi connectivity index (χ2n) is 10.1. The van der Waals surface area contributed by atoms with Gasteiger partial charge < -0.3 is 25.4 Å². The number of carbonyl (C=O) groups is 1. The highest BCUT2D eigenvalue weighted by Gasteiger charge is 2.30. The molecule has 1 aromatic carbocycles. The van der Waals surface area contributed by atoms with E-state index < -0.39 is 11.9 Å². The summed E-state index contributed by atoms with van der Waals surface area (Å²) in [6.45, 7) is 5.29. The van der Waals surface area contributed by atoms with Gasteiger partial charge in [0.05, 0.1) is 25.1 Å². The van der Waals surface area contributed by atoms with E-state index in [0.717, 1.165) is 49.2 Å². The molecule has 1 fully saturated rings. The topological polar surface area (TPSA) is 116 Å². The van der Waals surface area contributed by atoms with Crippen molar-refractivity contribution in [3.8, 4) is 0 Å². The largest absolute Gasteiger partial charge is 0.390 e. The van der Waals surface area contributed by atoms with E-state index >= 15 is 4.39 Å². The average molecular weight is 548 g/mol. The summed E-state index contributed by atoms with van der Waals surface area (Å²) in [6.07, 6.45) is 3.59. The third-order valence-electron chi connectivity index (χ3n) is 7.26. The Morgan fingerprint density at radius 2 is 2.00 bits per heavy atom. The van der Waals surface area contributed by atoms with Gasteiger partial charge >= 0.3 is 0 Å². The summed E-state index contributed by atoms with van der Waals surface area (Å²) in [7, 11) is 3.68. The van der Waals surface area contributed by atoms with Crippen LogP contribution in [-0.2, 0) is 22.6 Å². The number of aliphatic hydroxyl groups is 1. The number of aromatic nitrogens is 3. The van der Waals surface area contributed by atoms with Crippen molar-refractivity contribution in [2.45, 2.75) is 26.0 Å². The zero-order valence-electron chi connectivity index (χ0n) is 22.9. The molecule has 3 heterocycles. The summed E-state index contributed by atoms with van der Waals surface area (Å²) < 4.78 is 20.4. The zero-order chi connectivity index (χ0) is 28.2. The second kappa shape index (κ2) is 12.2. The number of ether oxygens (including phenoxy) is 1. The molecule has 0 spiro atoms. The lowest BCUT2D eigenvalue weighted by atomic mass is 10.0. The number of pyridine rings is 1. The first kappa shape index (κ1) is 27.8. The van der Waals surface area contributed by atoms with Crippen molar-refractivity contribution in [2.24, 2.45) is 0 Å². The van der Waals surface area contributed by atoms with Gasteiger partial charge in [0.2, 0.25) is 11.9 Å². The van der Waals surface area contributed by atoms with Crippen LogP contribution < -0.4 is 10.6 Å². The molecule has 0 saturated carbocycles. The number of methoxy groups -OCH3 is 1. The Kier molecular flexibility index (Phi) is 8.46. The Morgan fingerprint density at radius 1 is 1.20 bits per heavy atom. The van der Waals surface area contributed by atoms with Crippen LogP contribution in [0.2, 0.25) is 0 Å². The van der Waals surface area contributed by atoms with Crippen LogP contribution in [0, 0.1) is 12.7 Å². The number of anilines is 3. The second-order valence-corrected chi connectivity index (χ2v) is 10.1. The first-order valence-corrected chi connectivity index (χ1v) is 13.3. The SMILES string of the molecule is COC[C@H](C(=O)Nc1cccc2c1CC=C2c1nc(Nc2cc(C)nc(CO)c2)ncc1F)N1CCN(C)CC1. The number of benzene rings is 1. The number of rotatable bonds is 9. The van der Waals surface area contributed by atoms with Crippen molar-refractivity contribution in [3.63, 3.8) is 0 Å². The Hall–Kier alpha value is -3.77. The number of aryl methyl sites for hydroxylation is 1. The smallest absolute Gasteiger partial charge is 0.244 e. The highest BCUT2D eigenvalue weighted by Crippen LogP contribution is 2.37. The average Bonchev–Trinajstić information content (AvgIpc) is 3.38. The molecule has 11 heteroatoms. The third kappa shape index (κ3) is 6.02. The van der Waals surface area contributed by atoms with Crippen LogP contribution in [0.3, 0.4) is 0 Å². The maximum Gasteiger partial charge on any atom is 0.244 e. The molecule has 1 aliphatic heterocycles. The van der Waals surface area contributed by atoms with Gasteiger partial charge in [-0.2, -0.15) is 0 Å². The molecule has 0 radical (unpaired) electrons. The van der Waals surface area contributed by atoms with Crippen LogP contribution in [-0.4, -0.2) is 88.8 Å². The highest BCUT2D eigenvalue weighted by atomic mass is 19.1. The molecule has 10 nitrogen and oxygen atoms in total. The quantitative estimate of drug-likeness (QED) is 0.372. The predicted octanol–water partition coefficient (Wildman–Crippen LogP) is 2.74. The Bertz CT molecular complexity index is 1420. The molecule has 2 aromatic heterocycles. The molecular weight excluding hydrogens is 513 g/mol. The van der Waals surface area contributed by atoms with Crippen molar-refractivity contribution < 1.29 is 19.0 Å². The van der Waals surface area contributed by atoms with E-state index in [-0.39, 0.29) is 24.2 Å². The fourth-order valence-electron chi connectivity index (χ4n) is 5.20. The van der Waals surface area contributed by atoms with Crippen LogP contribution in [0.1, 0.15) is 28.2 Å². The van der Waals surface area contributed by atoms with Gasteiger partial charge in [-0.15, -0.1) is 0 Å². The van der Waals surface area contributed by atoms with Crippen LogP contribution in [0.15, 0.2) is 42.6 Å². The number of allylic oxidation sites excluding steroid dienone is 1. The Labute approximate surface area is 232 Å². The van der Waals surface area contributed by atoms with Gasteiger partial charge in [-0.05, 0) is 49.7 Å². The van der Waals surface area contributed by atoms with Gasteiger partial charge in [0, 0.05) is 55.9 Å². The van der Waals surface area contributed by atoms with Gasteiger partial charge in [0.15, 0.2) is 5.82 Å². The molecule has 1 amide bonds. The van der Waals surface area contributed by atoms with E-state index in [9.17, 15) is 9.90 Å². The van der Waals surface area contributed by atoms with E-state index in [2.05, 4.69) is 42.4 Å². The number of nitrogens with one attached hydrogen (secondary N) is 2. The summed E-state index contributed by atoms with van der Waals surface area (Å²) in [6, 6.07) is 8.71. The number of hydrogen-bond donors (Lipinski definition) is 3. The molecule has 0 bridgehead atoms. The molecule has 40 heavy (non-hydrogen) atoms. The van der Waals surface area contributed by atoms with Crippen molar-refractivity contribution in [1.82, 2.24) is 24.8 Å². The van der Waals surface area contributed by atoms with Crippen molar-refractivity contribution in [3.05, 3.63) is 76.6 Å². The van der Waals surface area contributed by atoms with E-state index in [1.165, 1.54) is 0 Å². The highest BCUT2D eigenvalue weighted by molar-refractivity contribution is 5.97. The molecule has 3 N–H and O–H groups in total. The number of carbonyl (C=O) groups excluding carboxylic acids is 1. The molecule has 1 atom stereocenters. The first-order chi connectivity index (χ1) is 19.4. The first-order valence-electron chi connectivity index (χ1n) is 13.3. The molecule has 3 aromatic rings. The molecule has 210 valence electrons. The van der Waals surface area contributed by atoms with Gasteiger partial charge in [-0.3, -0.25) is 14.7 Å². The van der Waals surface area contributed by atoms with E-state index in [0.29, 0.717) is 35.7 Å². The summed E-state index contributed by atoms with van der Waals surface area (Å²) in [5.74, 6) is -0.446. The van der Waals surface area contributed by atoms with Gasteiger partial charge in [0.1, 0.15) is 11.7 Å². The minimum absolute atomic E-state index is 0.122. The Balaban J connectivity index is 1.37. The minimum atomic E-state index is -0.545. The molecule has 5 rings (SSSR count). The fraction of sp³-hybridized carbons (Fsp3) is 0.379. The molecule has 1 saturated heterocycles. The summed E-state index contributed by atoms with van der Waals surface area (Å²) in [4.78, 5) is 30.6. The number of halogens is 1. The van der Waals surface area contributed by atoms with Crippen LogP contribution in [0.25, 0.3) is 5.57 Å². The Morgan fingerprint density at radius 3 is 2.75 bits per heavy atom. The summed E-state index contributed by atoms with van der Waals surface area (Å²) >= 11 is 0. The number of aliphatic hydroxyl groups excluding tert-OH is 1. The van der Waals surface area contributed by atoms with E-state index in [4.69, 9.17) is 4.74 Å². The van der Waals surface area contributed by atoms with E-state index in [1.807, 2.05) is 31.2 Å². The molecule has 1 aliphatic carbocycles. The van der Waals surface area contributed by atoms with Crippen LogP contribution in [0.5, 0.6) is 0 Å². The number of amides is 1. The number of nitrogens with zero attached hydrogens (tertiary/aromatic N) is 5. The van der Waals surface area contributed by atoms with Gasteiger partial charge in [-0.25, -0.2) is 14.4 Å². The van der Waals surface area contributed by atoms with Crippen molar-refractivity contribution in [1.29, 1.82) is 0 Å². The maximum atomic E-state index is 15.0. The van der Waals surface area contributed by atoms with Crippen molar-refractivity contribution >= 4 is 28.8 Å². The molecular formula is C29H34FN7O3. The normalized spacial score (nSPS) is 16.4. The predicted molar refractivity (Wildman–Crippen MR) is 151 cm³/mol. The number of piperazine rings is 1. The lowest BCUT2D eigenvalue weighted by molar-refractivity contribution is -0.124. The monoisotopic (exact) mass is 547 g/mol. The van der Waals surface area contributed by atoms with Gasteiger partial charge in [0.25, 0.3) is 0 Å². The van der Waals surface area contributed by atoms with Crippen molar-refractivity contribution in [2.75, 3.05) is 57.6 Å². The lowest BCUT2D eigenvalue weighted by Gasteiger charge is -2.36. The molecule has 0 unspecified atom stereocenters.